The van der Waals surface area contributed by atoms with E-state index in [1.165, 1.54) is 0 Å². The lowest BCUT2D eigenvalue weighted by atomic mass is 10.2. The molecule has 1 heterocycles. The van der Waals surface area contributed by atoms with E-state index in [4.69, 9.17) is 16.3 Å². The van der Waals surface area contributed by atoms with E-state index in [0.717, 1.165) is 23.7 Å². The summed E-state index contributed by atoms with van der Waals surface area (Å²) in [4.78, 5) is 27.6. The van der Waals surface area contributed by atoms with Crippen LogP contribution < -0.4 is 15.0 Å². The second-order valence-electron chi connectivity index (χ2n) is 6.75. The Bertz CT molecular complexity index is 792. The monoisotopic (exact) mass is 402 g/mol. The van der Waals surface area contributed by atoms with Gasteiger partial charge in [0.25, 0.3) is 5.91 Å². The van der Waals surface area contributed by atoms with Gasteiger partial charge in [0.2, 0.25) is 5.91 Å². The summed E-state index contributed by atoms with van der Waals surface area (Å²) in [6, 6.07) is 16.7. The molecule has 0 aliphatic carbocycles. The number of nitrogens with zero attached hydrogens (tertiary/aromatic N) is 1. The summed E-state index contributed by atoms with van der Waals surface area (Å²) in [6.45, 7) is 3.54. The molecule has 0 spiro atoms. The van der Waals surface area contributed by atoms with E-state index in [0.29, 0.717) is 43.4 Å². The van der Waals surface area contributed by atoms with Gasteiger partial charge in [0, 0.05) is 0 Å². The first kappa shape index (κ1) is 20.2. The number of nitrogens with one attached hydrogen (secondary N) is 2. The topological polar surface area (TPSA) is 63.1 Å². The number of benzene rings is 2. The largest absolute Gasteiger partial charge is 0.493 e. The number of rotatable bonds is 7. The minimum Gasteiger partial charge on any atom is -0.493 e. The molecule has 6 nitrogen and oxygen atoms in total. The van der Waals surface area contributed by atoms with Crippen LogP contribution in [0.2, 0.25) is 5.02 Å². The molecule has 0 radical (unpaired) electrons. The van der Waals surface area contributed by atoms with Gasteiger partial charge < -0.3 is 19.9 Å². The molecule has 0 saturated carbocycles. The first-order valence-electron chi connectivity index (χ1n) is 9.45. The number of hydrogen-bond donors (Lipinski definition) is 2. The van der Waals surface area contributed by atoms with Gasteiger partial charge in [0.1, 0.15) is 5.75 Å². The number of quaternary nitrogens is 1. The average Bonchev–Trinajstić information content (AvgIpc) is 2.71. The van der Waals surface area contributed by atoms with Crippen LogP contribution in [0, 0.1) is 0 Å². The highest BCUT2D eigenvalue weighted by molar-refractivity contribution is 6.33. The predicted molar refractivity (Wildman–Crippen MR) is 109 cm³/mol. The lowest BCUT2D eigenvalue weighted by molar-refractivity contribution is -0.895. The molecule has 1 aliphatic rings. The maximum Gasteiger partial charge on any atom is 0.279 e. The molecule has 3 rings (SSSR count). The van der Waals surface area contributed by atoms with Crippen LogP contribution in [-0.4, -0.2) is 56.0 Å². The van der Waals surface area contributed by atoms with Crippen LogP contribution in [0.15, 0.2) is 54.6 Å². The van der Waals surface area contributed by atoms with Crippen molar-refractivity contribution in [1.82, 2.24) is 4.90 Å². The lowest BCUT2D eigenvalue weighted by Gasteiger charge is -2.32. The van der Waals surface area contributed by atoms with Crippen LogP contribution in [0.1, 0.15) is 6.42 Å². The van der Waals surface area contributed by atoms with Crippen molar-refractivity contribution < 1.29 is 19.2 Å². The quantitative estimate of drug-likeness (QED) is 0.737. The zero-order valence-corrected chi connectivity index (χ0v) is 16.5. The van der Waals surface area contributed by atoms with Crippen LogP contribution in [0.25, 0.3) is 0 Å². The minimum absolute atomic E-state index is 0.0702. The van der Waals surface area contributed by atoms with Crippen LogP contribution in [0.3, 0.4) is 0 Å². The molecule has 7 heteroatoms. The van der Waals surface area contributed by atoms with Crippen molar-refractivity contribution in [3.63, 3.8) is 0 Å². The van der Waals surface area contributed by atoms with E-state index in [2.05, 4.69) is 5.32 Å². The maximum absolute atomic E-state index is 12.3. The Labute approximate surface area is 170 Å². The molecule has 2 N–H and O–H groups in total. The third-order valence-corrected chi connectivity index (χ3v) is 5.04. The van der Waals surface area contributed by atoms with E-state index in [1.807, 2.05) is 47.4 Å². The highest BCUT2D eigenvalue weighted by atomic mass is 35.5. The second kappa shape index (κ2) is 10.1. The third kappa shape index (κ3) is 5.97. The lowest BCUT2D eigenvalue weighted by Crippen LogP contribution is -3.15. The average molecular weight is 403 g/mol. The van der Waals surface area contributed by atoms with E-state index >= 15 is 0 Å². The van der Waals surface area contributed by atoms with Gasteiger partial charge in [0.15, 0.2) is 6.54 Å². The maximum atomic E-state index is 12.3. The summed E-state index contributed by atoms with van der Waals surface area (Å²) in [5.74, 6) is 0.795. The molecule has 2 aromatic rings. The zero-order chi connectivity index (χ0) is 19.8. The molecule has 2 aromatic carbocycles. The Kier molecular flexibility index (Phi) is 7.28. The van der Waals surface area contributed by atoms with Gasteiger partial charge in [-0.05, 0) is 24.3 Å². The number of carbonyl (C=O) groups is 2. The zero-order valence-electron chi connectivity index (χ0n) is 15.7. The van der Waals surface area contributed by atoms with Crippen LogP contribution in [0.5, 0.6) is 5.75 Å². The summed E-state index contributed by atoms with van der Waals surface area (Å²) in [5, 5.41) is 3.37. The Hall–Kier alpha value is -2.57. The molecule has 1 aliphatic heterocycles. The van der Waals surface area contributed by atoms with Crippen molar-refractivity contribution in [3.05, 3.63) is 59.6 Å². The van der Waals surface area contributed by atoms with E-state index in [9.17, 15) is 9.59 Å². The fourth-order valence-electron chi connectivity index (χ4n) is 3.16. The summed E-state index contributed by atoms with van der Waals surface area (Å²) in [6.07, 6.45) is 0.358. The first-order valence-corrected chi connectivity index (χ1v) is 9.83. The molecule has 1 fully saturated rings. The van der Waals surface area contributed by atoms with E-state index in [-0.39, 0.29) is 11.8 Å². The summed E-state index contributed by atoms with van der Waals surface area (Å²) >= 11 is 6.07. The highest BCUT2D eigenvalue weighted by Gasteiger charge is 2.25. The molecule has 1 saturated heterocycles. The Balaban J connectivity index is 1.36. The second-order valence-corrected chi connectivity index (χ2v) is 7.15. The fourth-order valence-corrected chi connectivity index (χ4v) is 3.35. The van der Waals surface area contributed by atoms with Crippen molar-refractivity contribution in [2.75, 3.05) is 44.6 Å². The fraction of sp³-hybridized carbons (Fsp3) is 0.333. The summed E-state index contributed by atoms with van der Waals surface area (Å²) in [5.41, 5.74) is 0.626. The number of piperazine rings is 1. The Morgan fingerprint density at radius 3 is 2.43 bits per heavy atom. The summed E-state index contributed by atoms with van der Waals surface area (Å²) in [7, 11) is 0. The van der Waals surface area contributed by atoms with Crippen molar-refractivity contribution in [3.8, 4) is 5.75 Å². The normalized spacial score (nSPS) is 14.5. The Morgan fingerprint density at radius 2 is 1.71 bits per heavy atom. The number of ether oxygens (including phenoxy) is 1. The predicted octanol–water partition coefficient (Wildman–Crippen LogP) is 1.47. The number of carbonyl (C=O) groups excluding carboxylic acids is 2. The summed E-state index contributed by atoms with van der Waals surface area (Å²) < 4.78 is 5.59. The van der Waals surface area contributed by atoms with Gasteiger partial charge in [-0.2, -0.15) is 0 Å². The molecule has 0 aromatic heterocycles. The first-order chi connectivity index (χ1) is 13.6. The molecule has 0 atom stereocenters. The number of halogens is 1. The van der Waals surface area contributed by atoms with Crippen molar-refractivity contribution in [2.45, 2.75) is 6.42 Å². The standard InChI is InChI=1S/C21H24ClN3O3/c22-18-8-4-5-9-19(18)23-20(26)16-24-11-13-25(14-12-24)21(27)10-15-28-17-6-2-1-3-7-17/h1-9H,10-16H2,(H,23,26)/p+1. The Morgan fingerprint density at radius 1 is 1.04 bits per heavy atom. The van der Waals surface area contributed by atoms with Gasteiger partial charge in [0.05, 0.1) is 49.9 Å². The smallest absolute Gasteiger partial charge is 0.279 e. The minimum atomic E-state index is -0.0702. The molecule has 0 bridgehead atoms. The number of para-hydroxylation sites is 2. The SMILES string of the molecule is O=C(C[NH+]1CCN(C(=O)CCOc2ccccc2)CC1)Nc1ccccc1Cl. The third-order valence-electron chi connectivity index (χ3n) is 4.71. The number of amides is 2. The van der Waals surface area contributed by atoms with Crippen molar-refractivity contribution in [2.24, 2.45) is 0 Å². The van der Waals surface area contributed by atoms with Gasteiger partial charge in [-0.1, -0.05) is 41.9 Å². The molecular weight excluding hydrogens is 378 g/mol. The van der Waals surface area contributed by atoms with Gasteiger partial charge in [-0.25, -0.2) is 0 Å². The van der Waals surface area contributed by atoms with Gasteiger partial charge >= 0.3 is 0 Å². The number of hydrogen-bond acceptors (Lipinski definition) is 3. The molecule has 2 amide bonds. The van der Waals surface area contributed by atoms with Crippen molar-refractivity contribution in [1.29, 1.82) is 0 Å². The van der Waals surface area contributed by atoms with Gasteiger partial charge in [-0.3, -0.25) is 9.59 Å². The number of anilines is 1. The van der Waals surface area contributed by atoms with Gasteiger partial charge in [-0.15, -0.1) is 0 Å². The van der Waals surface area contributed by atoms with Crippen LogP contribution in [-0.2, 0) is 9.59 Å². The molecule has 28 heavy (non-hydrogen) atoms. The van der Waals surface area contributed by atoms with Crippen LogP contribution in [0.4, 0.5) is 5.69 Å². The van der Waals surface area contributed by atoms with E-state index < -0.39 is 0 Å². The van der Waals surface area contributed by atoms with E-state index in [1.54, 1.807) is 12.1 Å². The molecule has 0 unspecified atom stereocenters. The van der Waals surface area contributed by atoms with Crippen LogP contribution >= 0.6 is 11.6 Å². The van der Waals surface area contributed by atoms with Crippen molar-refractivity contribution >= 4 is 29.1 Å². The highest BCUT2D eigenvalue weighted by Crippen LogP contribution is 2.19. The molecular formula is C21H25ClN3O3+. The molecule has 148 valence electrons.